The minimum atomic E-state index is -0.803. The van der Waals surface area contributed by atoms with E-state index < -0.39 is 22.3 Å². The van der Waals surface area contributed by atoms with Crippen molar-refractivity contribution in [2.75, 3.05) is 0 Å². The van der Waals surface area contributed by atoms with Crippen LogP contribution in [0.2, 0.25) is 0 Å². The number of benzene rings is 2. The van der Waals surface area contributed by atoms with Gasteiger partial charge < -0.3 is 4.74 Å². The molecule has 0 radical (unpaired) electrons. The monoisotopic (exact) mass is 277 g/mol. The normalized spacial score (nSPS) is 10.7. The Bertz CT molecular complexity index is 634. The topological polar surface area (TPSA) is 52.4 Å². The molecule has 0 fully saturated rings. The average Bonchev–Trinajstić information content (AvgIpc) is 2.42. The summed E-state index contributed by atoms with van der Waals surface area (Å²) in [6.45, 7) is 0. The maximum Gasteiger partial charge on any atom is 0.235 e. The van der Waals surface area contributed by atoms with Crippen LogP contribution in [0.3, 0.4) is 0 Å². The molecule has 6 heteroatoms. The molecule has 20 heavy (non-hydrogen) atoms. The van der Waals surface area contributed by atoms with Crippen LogP contribution in [-0.4, -0.2) is 4.92 Å². The van der Waals surface area contributed by atoms with E-state index in [4.69, 9.17) is 4.74 Å². The van der Waals surface area contributed by atoms with E-state index in [2.05, 4.69) is 0 Å². The number of ether oxygens (including phenoxy) is 1. The second-order valence-electron chi connectivity index (χ2n) is 3.82. The van der Waals surface area contributed by atoms with Crippen LogP contribution in [0.25, 0.3) is 6.08 Å². The van der Waals surface area contributed by atoms with Crippen molar-refractivity contribution >= 4 is 6.08 Å². The summed E-state index contributed by atoms with van der Waals surface area (Å²) < 4.78 is 31.9. The zero-order valence-electron chi connectivity index (χ0n) is 10.1. The maximum absolute atomic E-state index is 13.4. The Hall–Kier alpha value is -2.76. The molecule has 0 N–H and O–H groups in total. The predicted octanol–water partition coefficient (Wildman–Crippen LogP) is 4.00. The van der Waals surface area contributed by atoms with Crippen LogP contribution in [0.5, 0.6) is 11.5 Å². The van der Waals surface area contributed by atoms with E-state index in [1.807, 2.05) is 0 Å². The third-order valence-corrected chi connectivity index (χ3v) is 2.41. The Morgan fingerprint density at radius 3 is 2.20 bits per heavy atom. The number of nitrogens with zero attached hydrogens (tertiary/aromatic N) is 1. The largest absolute Gasteiger partial charge is 0.451 e. The van der Waals surface area contributed by atoms with E-state index in [0.717, 1.165) is 18.3 Å². The van der Waals surface area contributed by atoms with Crippen LogP contribution in [0.15, 0.2) is 48.7 Å². The molecule has 0 saturated heterocycles. The van der Waals surface area contributed by atoms with E-state index >= 15 is 0 Å². The van der Waals surface area contributed by atoms with Gasteiger partial charge in [-0.05, 0) is 29.8 Å². The zero-order chi connectivity index (χ0) is 14.5. The minimum Gasteiger partial charge on any atom is -0.451 e. The molecular formula is C14H9F2NO3. The summed E-state index contributed by atoms with van der Waals surface area (Å²) >= 11 is 0. The van der Waals surface area contributed by atoms with E-state index in [9.17, 15) is 18.9 Å². The lowest BCUT2D eigenvalue weighted by atomic mass is 10.2. The van der Waals surface area contributed by atoms with Crippen molar-refractivity contribution in [2.45, 2.75) is 0 Å². The fourth-order valence-corrected chi connectivity index (χ4v) is 1.49. The summed E-state index contributed by atoms with van der Waals surface area (Å²) in [7, 11) is 0. The van der Waals surface area contributed by atoms with Crippen LogP contribution in [0.1, 0.15) is 5.56 Å². The van der Waals surface area contributed by atoms with Gasteiger partial charge in [0.2, 0.25) is 6.20 Å². The van der Waals surface area contributed by atoms with Crippen molar-refractivity contribution in [1.82, 2.24) is 0 Å². The number of rotatable bonds is 4. The molecule has 0 aliphatic rings. The summed E-state index contributed by atoms with van der Waals surface area (Å²) in [6, 6.07) is 9.42. The molecule has 0 spiro atoms. The number of para-hydroxylation sites is 1. The molecule has 0 amide bonds. The second-order valence-corrected chi connectivity index (χ2v) is 3.82. The van der Waals surface area contributed by atoms with Gasteiger partial charge in [0.1, 0.15) is 5.75 Å². The second kappa shape index (κ2) is 5.92. The highest BCUT2D eigenvalue weighted by atomic mass is 19.1. The molecule has 0 aliphatic carbocycles. The first kappa shape index (κ1) is 13.7. The van der Waals surface area contributed by atoms with Crippen LogP contribution >= 0.6 is 0 Å². The van der Waals surface area contributed by atoms with E-state index in [0.29, 0.717) is 5.56 Å². The lowest BCUT2D eigenvalue weighted by molar-refractivity contribution is -0.400. The van der Waals surface area contributed by atoms with Gasteiger partial charge in [0.15, 0.2) is 17.4 Å². The fraction of sp³-hybridized carbons (Fsp3) is 0. The summed E-state index contributed by atoms with van der Waals surface area (Å²) in [5, 5.41) is 10.2. The Morgan fingerprint density at radius 2 is 1.65 bits per heavy atom. The fourth-order valence-electron chi connectivity index (χ4n) is 1.49. The number of hydrogen-bond acceptors (Lipinski definition) is 3. The van der Waals surface area contributed by atoms with Gasteiger partial charge in [-0.2, -0.15) is 0 Å². The number of halogens is 2. The third kappa shape index (κ3) is 3.38. The lowest BCUT2D eigenvalue weighted by Gasteiger charge is -2.07. The van der Waals surface area contributed by atoms with E-state index in [-0.39, 0.29) is 5.75 Å². The van der Waals surface area contributed by atoms with Crippen LogP contribution in [0.4, 0.5) is 8.78 Å². The quantitative estimate of drug-likeness (QED) is 0.626. The number of nitro groups is 1. The van der Waals surface area contributed by atoms with Gasteiger partial charge >= 0.3 is 0 Å². The average molecular weight is 277 g/mol. The Balaban J connectivity index is 2.17. The van der Waals surface area contributed by atoms with Gasteiger partial charge in [0.05, 0.1) is 4.92 Å². The van der Waals surface area contributed by atoms with Crippen molar-refractivity contribution in [3.05, 3.63) is 76.0 Å². The molecule has 0 heterocycles. The van der Waals surface area contributed by atoms with Gasteiger partial charge in [-0.3, -0.25) is 10.1 Å². The molecule has 2 aromatic rings. The Kier molecular flexibility index (Phi) is 4.05. The molecule has 0 aliphatic heterocycles. The van der Waals surface area contributed by atoms with Gasteiger partial charge in [-0.25, -0.2) is 8.78 Å². The summed E-state index contributed by atoms with van der Waals surface area (Å²) in [6.07, 6.45) is 2.10. The van der Waals surface area contributed by atoms with Crippen LogP contribution in [-0.2, 0) is 0 Å². The SMILES string of the molecule is O=[N+]([O-])/C=C/c1ccc(Oc2c(F)cccc2F)cc1. The Labute approximate surface area is 113 Å². The standard InChI is InChI=1S/C14H9F2NO3/c15-12-2-1-3-13(16)14(12)20-11-6-4-10(5-7-11)8-9-17(18)19/h1-9H/b9-8+. The summed E-state index contributed by atoms with van der Waals surface area (Å²) in [5.41, 5.74) is 0.572. The van der Waals surface area contributed by atoms with Gasteiger partial charge in [-0.15, -0.1) is 0 Å². The summed E-state index contributed by atoms with van der Waals surface area (Å²) in [5.74, 6) is -1.86. The molecular weight excluding hydrogens is 268 g/mol. The summed E-state index contributed by atoms with van der Waals surface area (Å²) in [4.78, 5) is 9.58. The third-order valence-electron chi connectivity index (χ3n) is 2.41. The smallest absolute Gasteiger partial charge is 0.235 e. The highest BCUT2D eigenvalue weighted by Gasteiger charge is 2.10. The van der Waals surface area contributed by atoms with Crippen molar-refractivity contribution in [1.29, 1.82) is 0 Å². The van der Waals surface area contributed by atoms with Gasteiger partial charge in [-0.1, -0.05) is 18.2 Å². The van der Waals surface area contributed by atoms with Crippen molar-refractivity contribution in [3.63, 3.8) is 0 Å². The number of hydrogen-bond donors (Lipinski definition) is 0. The molecule has 2 aromatic carbocycles. The first-order valence-electron chi connectivity index (χ1n) is 5.60. The molecule has 2 rings (SSSR count). The van der Waals surface area contributed by atoms with Crippen molar-refractivity contribution in [3.8, 4) is 11.5 Å². The first-order valence-corrected chi connectivity index (χ1v) is 5.60. The molecule has 0 aromatic heterocycles. The minimum absolute atomic E-state index is 0.229. The van der Waals surface area contributed by atoms with Crippen LogP contribution < -0.4 is 4.74 Å². The molecule has 0 atom stereocenters. The van der Waals surface area contributed by atoms with Crippen LogP contribution in [0, 0.1) is 21.7 Å². The molecule has 0 bridgehead atoms. The van der Waals surface area contributed by atoms with Crippen molar-refractivity contribution < 1.29 is 18.4 Å². The zero-order valence-corrected chi connectivity index (χ0v) is 10.1. The van der Waals surface area contributed by atoms with Crippen molar-refractivity contribution in [2.24, 2.45) is 0 Å². The maximum atomic E-state index is 13.4. The first-order chi connectivity index (χ1) is 9.56. The molecule has 102 valence electrons. The highest BCUT2D eigenvalue weighted by molar-refractivity contribution is 5.49. The van der Waals surface area contributed by atoms with E-state index in [1.54, 1.807) is 0 Å². The van der Waals surface area contributed by atoms with Gasteiger partial charge in [0.25, 0.3) is 0 Å². The molecule has 0 unspecified atom stereocenters. The highest BCUT2D eigenvalue weighted by Crippen LogP contribution is 2.27. The van der Waals surface area contributed by atoms with E-state index in [1.165, 1.54) is 36.4 Å². The Morgan fingerprint density at radius 1 is 1.05 bits per heavy atom. The molecule has 4 nitrogen and oxygen atoms in total. The predicted molar refractivity (Wildman–Crippen MR) is 68.9 cm³/mol. The lowest BCUT2D eigenvalue weighted by Crippen LogP contribution is -1.92. The molecule has 0 saturated carbocycles. The van der Waals surface area contributed by atoms with Gasteiger partial charge in [0, 0.05) is 6.08 Å².